The molecule has 2 N–H and O–H groups in total. The summed E-state index contributed by atoms with van der Waals surface area (Å²) in [6.45, 7) is 13.3. The normalized spacial score (nSPS) is 32.9. The van der Waals surface area contributed by atoms with Crippen LogP contribution in [0.3, 0.4) is 0 Å². The molecule has 0 radical (unpaired) electrons. The molecule has 2 bridgehead atoms. The first-order valence-corrected chi connectivity index (χ1v) is 18.8. The predicted molar refractivity (Wildman–Crippen MR) is 103 cm³/mol. The van der Waals surface area contributed by atoms with Gasteiger partial charge in [0.2, 0.25) is 0 Å². The van der Waals surface area contributed by atoms with Gasteiger partial charge in [0.15, 0.2) is 0 Å². The van der Waals surface area contributed by atoms with Gasteiger partial charge in [-0.05, 0) is 39.0 Å². The summed E-state index contributed by atoms with van der Waals surface area (Å²) in [6.07, 6.45) is 2.79. The Morgan fingerprint density at radius 3 is 1.84 bits per heavy atom. The molecule has 25 heavy (non-hydrogen) atoms. The molecule has 0 saturated carbocycles. The molecule has 146 valence electrons. The topological polar surface area (TPSA) is 87.3 Å². The van der Waals surface area contributed by atoms with Crippen LogP contribution >= 0.6 is 0 Å². The van der Waals surface area contributed by atoms with Crippen molar-refractivity contribution < 1.29 is 25.4 Å². The first kappa shape index (κ1) is 21.2. The monoisotopic (exact) mass is 424 g/mol. The minimum atomic E-state index is -2.82. The Hall–Kier alpha value is -0.0625. The average Bonchev–Trinajstić information content (AvgIpc) is 2.38. The molecule has 0 aromatic heterocycles. The molecule has 2 heterocycles. The van der Waals surface area contributed by atoms with Gasteiger partial charge in [0, 0.05) is 25.7 Å². The van der Waals surface area contributed by atoms with Crippen LogP contribution in [0.4, 0.5) is 4.79 Å². The maximum atomic E-state index is 11.7. The number of carbonyl (C=O) groups is 1. The Morgan fingerprint density at radius 1 is 0.800 bits per heavy atom. The van der Waals surface area contributed by atoms with Crippen LogP contribution in [0.25, 0.3) is 0 Å². The van der Waals surface area contributed by atoms with Crippen LogP contribution in [-0.2, 0) is 20.6 Å². The molecule has 0 atom stereocenters. The third kappa shape index (κ3) is 6.25. The zero-order valence-electron chi connectivity index (χ0n) is 16.2. The molecule has 0 unspecified atom stereocenters. The van der Waals surface area contributed by atoms with Crippen LogP contribution in [0.2, 0.25) is 38.8 Å². The van der Waals surface area contributed by atoms with E-state index >= 15 is 0 Å². The Kier molecular flexibility index (Phi) is 6.71. The fraction of sp³-hybridized carbons (Fsp3) is 0.923. The van der Waals surface area contributed by atoms with E-state index in [-0.39, 0.29) is 6.03 Å². The van der Waals surface area contributed by atoms with Crippen molar-refractivity contribution in [3.8, 4) is 0 Å². The van der Waals surface area contributed by atoms with E-state index in [9.17, 15) is 4.79 Å². The Morgan fingerprint density at radius 2 is 1.32 bits per heavy atom. The first-order valence-electron chi connectivity index (χ1n) is 9.01. The number of hydrogen-bond donors (Lipinski definition) is 2. The molecule has 2 aliphatic heterocycles. The summed E-state index contributed by atoms with van der Waals surface area (Å²) in [5, 5.41) is 5.72. The average molecular weight is 425 g/mol. The largest absolute Gasteiger partial charge is 0.475 e. The lowest BCUT2D eigenvalue weighted by atomic mass is 10.3. The van der Waals surface area contributed by atoms with Crippen molar-refractivity contribution in [1.29, 1.82) is 0 Å². The van der Waals surface area contributed by atoms with Gasteiger partial charge in [-0.15, -0.1) is 0 Å². The van der Waals surface area contributed by atoms with Gasteiger partial charge in [-0.2, -0.15) is 0 Å². The van der Waals surface area contributed by atoms with Crippen LogP contribution in [0, 0.1) is 0 Å². The van der Waals surface area contributed by atoms with E-state index in [0.717, 1.165) is 19.3 Å². The van der Waals surface area contributed by atoms with Crippen molar-refractivity contribution >= 4 is 40.8 Å². The number of carbonyl (C=O) groups excluding carboxylic acids is 1. The van der Waals surface area contributed by atoms with Crippen LogP contribution in [-0.4, -0.2) is 53.9 Å². The Balaban J connectivity index is 1.89. The number of hydrogen-bond acceptors (Lipinski definition) is 6. The molecule has 2 rings (SSSR count). The summed E-state index contributed by atoms with van der Waals surface area (Å²) in [5.74, 6) is 0. The van der Waals surface area contributed by atoms with E-state index in [1.807, 2.05) is 32.7 Å². The summed E-state index contributed by atoms with van der Waals surface area (Å²) in [7, 11) is -10.2. The maximum Gasteiger partial charge on any atom is 0.475 e. The number of rotatable bonds is 7. The number of unbranched alkanes of at least 4 members (excludes halogenated alkanes) is 1. The fourth-order valence-corrected chi connectivity index (χ4v) is 24.8. The summed E-state index contributed by atoms with van der Waals surface area (Å²) in [4.78, 5) is 11.7. The van der Waals surface area contributed by atoms with Crippen molar-refractivity contribution in [1.82, 2.24) is 10.6 Å². The van der Waals surface area contributed by atoms with E-state index in [1.165, 1.54) is 0 Å². The number of fused-ring (bicyclic) bond motifs is 2. The zero-order valence-corrected chi connectivity index (χ0v) is 20.2. The maximum absolute atomic E-state index is 11.7. The van der Waals surface area contributed by atoms with E-state index in [2.05, 4.69) is 17.6 Å². The smallest absolute Gasteiger partial charge is 0.395 e. The van der Waals surface area contributed by atoms with Crippen molar-refractivity contribution in [2.45, 2.75) is 65.0 Å². The molecule has 0 aliphatic carbocycles. The van der Waals surface area contributed by atoms with E-state index < -0.39 is 34.7 Å². The van der Waals surface area contributed by atoms with Crippen LogP contribution < -0.4 is 10.6 Å². The van der Waals surface area contributed by atoms with E-state index in [4.69, 9.17) is 20.6 Å². The predicted octanol–water partition coefficient (Wildman–Crippen LogP) is 2.50. The van der Waals surface area contributed by atoms with Crippen LogP contribution in [0.15, 0.2) is 0 Å². The van der Waals surface area contributed by atoms with Crippen LogP contribution in [0.5, 0.6) is 0 Å². The van der Waals surface area contributed by atoms with Gasteiger partial charge in [-0.1, -0.05) is 13.3 Å². The van der Waals surface area contributed by atoms with Crippen molar-refractivity contribution in [2.24, 2.45) is 0 Å². The quantitative estimate of drug-likeness (QED) is 0.482. The van der Waals surface area contributed by atoms with E-state index in [1.54, 1.807) is 0 Å². The van der Waals surface area contributed by atoms with E-state index in [0.29, 0.717) is 19.1 Å². The molecule has 0 aromatic carbocycles. The van der Waals surface area contributed by atoms with Gasteiger partial charge in [0.1, 0.15) is 0 Å². The molecule has 2 amide bonds. The molecule has 0 spiro atoms. The molecular weight excluding hydrogens is 392 g/mol. The summed E-state index contributed by atoms with van der Waals surface area (Å²) >= 11 is 0. The highest BCUT2D eigenvalue weighted by atomic mass is 28.6. The lowest BCUT2D eigenvalue weighted by Crippen LogP contribution is -2.77. The number of nitrogens with one attached hydrogen (secondary N) is 2. The Bertz CT molecular complexity index is 468. The van der Waals surface area contributed by atoms with Gasteiger partial charge in [0.25, 0.3) is 0 Å². The van der Waals surface area contributed by atoms with Gasteiger partial charge in [-0.3, -0.25) is 0 Å². The standard InChI is InChI=1S/C13H32N2O6Si4/c1-7-8-10-14-13(16)15-11-9-12-25-19-22(2,3)17-24(6,21-25)18-23(4,5)20-25/h7-12H2,1-6H3,(H2,14,15,16). The van der Waals surface area contributed by atoms with Gasteiger partial charge < -0.3 is 31.2 Å². The highest BCUT2D eigenvalue weighted by Crippen LogP contribution is 2.41. The van der Waals surface area contributed by atoms with Crippen LogP contribution in [0.1, 0.15) is 26.2 Å². The SMILES string of the molecule is CCCCNC(=O)NCCC[Si]12O[Si](C)(C)O[Si](C)(O[Si](C)(C)O1)O2. The minimum Gasteiger partial charge on any atom is -0.395 e. The fourth-order valence-electron chi connectivity index (χ4n) is 3.19. The van der Waals surface area contributed by atoms with Crippen molar-refractivity contribution in [3.05, 3.63) is 0 Å². The first-order chi connectivity index (χ1) is 11.5. The van der Waals surface area contributed by atoms with Gasteiger partial charge >= 0.3 is 40.8 Å². The lowest BCUT2D eigenvalue weighted by Gasteiger charge is -2.55. The lowest BCUT2D eigenvalue weighted by molar-refractivity contribution is 0.0733. The second kappa shape index (κ2) is 7.90. The summed E-state index contributed by atoms with van der Waals surface area (Å²) < 4.78 is 31.0. The molecule has 8 nitrogen and oxygen atoms in total. The number of urea groups is 1. The minimum absolute atomic E-state index is 0.127. The van der Waals surface area contributed by atoms with Gasteiger partial charge in [-0.25, -0.2) is 4.79 Å². The third-order valence-corrected chi connectivity index (χ3v) is 20.8. The van der Waals surface area contributed by atoms with Crippen molar-refractivity contribution in [2.75, 3.05) is 13.1 Å². The van der Waals surface area contributed by atoms with Gasteiger partial charge in [0.05, 0.1) is 0 Å². The van der Waals surface area contributed by atoms with Crippen molar-refractivity contribution in [3.63, 3.8) is 0 Å². The summed E-state index contributed by atoms with van der Waals surface area (Å²) in [5.41, 5.74) is 0. The molecule has 0 aromatic rings. The Labute approximate surface area is 155 Å². The number of amides is 2. The second-order valence-corrected chi connectivity index (χ2v) is 20.8. The molecule has 2 saturated heterocycles. The molecule has 12 heteroatoms. The molecule has 2 fully saturated rings. The molecule has 2 aliphatic rings. The second-order valence-electron chi connectivity index (χ2n) is 7.50. The highest BCUT2D eigenvalue weighted by Gasteiger charge is 2.67. The summed E-state index contributed by atoms with van der Waals surface area (Å²) in [6, 6.07) is 0.544. The molecular formula is C13H32N2O6Si4. The highest BCUT2D eigenvalue weighted by molar-refractivity contribution is 6.97. The zero-order chi connectivity index (χ0) is 18.8. The third-order valence-electron chi connectivity index (χ3n) is 3.77.